The van der Waals surface area contributed by atoms with Crippen LogP contribution in [0.15, 0.2) is 18.2 Å². The van der Waals surface area contributed by atoms with Crippen molar-refractivity contribution in [3.05, 3.63) is 23.8 Å². The third-order valence-corrected chi connectivity index (χ3v) is 2.84. The van der Waals surface area contributed by atoms with Crippen LogP contribution in [0, 0.1) is 0 Å². The average molecular weight is 301 g/mol. The summed E-state index contributed by atoms with van der Waals surface area (Å²) < 4.78 is 11.0. The first kappa shape index (κ1) is 14.0. The zero-order valence-electron chi connectivity index (χ0n) is 10.2. The summed E-state index contributed by atoms with van der Waals surface area (Å²) >= 11 is 3.17. The van der Waals surface area contributed by atoms with Crippen LogP contribution in [0.1, 0.15) is 19.4 Å². The minimum absolute atomic E-state index is 0.109. The maximum absolute atomic E-state index is 11.5. The summed E-state index contributed by atoms with van der Waals surface area (Å²) in [5, 5.41) is 0.346. The van der Waals surface area contributed by atoms with Gasteiger partial charge in [0.15, 0.2) is 0 Å². The molecule has 0 bridgehead atoms. The van der Waals surface area contributed by atoms with Crippen LogP contribution in [-0.2, 0) is 11.2 Å². The molecule has 1 rings (SSSR count). The lowest BCUT2D eigenvalue weighted by Gasteiger charge is -2.14. The van der Waals surface area contributed by atoms with E-state index in [0.29, 0.717) is 25.0 Å². The molecule has 3 nitrogen and oxygen atoms in total. The van der Waals surface area contributed by atoms with E-state index in [1.54, 1.807) is 0 Å². The van der Waals surface area contributed by atoms with Gasteiger partial charge in [-0.2, -0.15) is 0 Å². The number of ketones is 1. The highest BCUT2D eigenvalue weighted by Gasteiger charge is 2.13. The number of carbonyl (C=O) groups is 1. The molecule has 0 radical (unpaired) electrons. The fraction of sp³-hybridized carbons (Fsp3) is 0.462. The van der Waals surface area contributed by atoms with E-state index in [-0.39, 0.29) is 5.78 Å². The van der Waals surface area contributed by atoms with Gasteiger partial charge in [0.25, 0.3) is 0 Å². The second kappa shape index (κ2) is 7.33. The molecule has 0 heterocycles. The largest absolute Gasteiger partial charge is 0.493 e. The molecule has 1 aromatic rings. The standard InChI is InChI=1S/C13H17BrO3/c1-3-16-12-6-5-7-13(17-4-2)11(12)8-10(15)9-14/h5-7H,3-4,8-9H2,1-2H3. The van der Waals surface area contributed by atoms with Gasteiger partial charge in [0.05, 0.1) is 18.5 Å². The summed E-state index contributed by atoms with van der Waals surface area (Å²) in [4.78, 5) is 11.5. The minimum atomic E-state index is 0.109. The summed E-state index contributed by atoms with van der Waals surface area (Å²) in [5.41, 5.74) is 0.834. The Kier molecular flexibility index (Phi) is 6.05. The molecule has 0 saturated heterocycles. The molecule has 4 heteroatoms. The van der Waals surface area contributed by atoms with E-state index < -0.39 is 0 Å². The fourth-order valence-electron chi connectivity index (χ4n) is 1.55. The number of ether oxygens (including phenoxy) is 2. The van der Waals surface area contributed by atoms with Gasteiger partial charge in [-0.15, -0.1) is 0 Å². The highest BCUT2D eigenvalue weighted by molar-refractivity contribution is 9.09. The van der Waals surface area contributed by atoms with E-state index >= 15 is 0 Å². The molecule has 0 saturated carbocycles. The Bertz CT molecular complexity index is 353. The van der Waals surface area contributed by atoms with Crippen molar-refractivity contribution in [1.82, 2.24) is 0 Å². The molecule has 1 aromatic carbocycles. The van der Waals surface area contributed by atoms with Crippen LogP contribution >= 0.6 is 15.9 Å². The maximum atomic E-state index is 11.5. The second-order valence-electron chi connectivity index (χ2n) is 3.45. The second-order valence-corrected chi connectivity index (χ2v) is 4.01. The Morgan fingerprint density at radius 3 is 2.12 bits per heavy atom. The van der Waals surface area contributed by atoms with Gasteiger partial charge in [0, 0.05) is 12.0 Å². The monoisotopic (exact) mass is 300 g/mol. The quantitative estimate of drug-likeness (QED) is 0.726. The van der Waals surface area contributed by atoms with Crippen molar-refractivity contribution in [3.8, 4) is 11.5 Å². The van der Waals surface area contributed by atoms with Crippen molar-refractivity contribution in [3.63, 3.8) is 0 Å². The smallest absolute Gasteiger partial charge is 0.148 e. The van der Waals surface area contributed by atoms with Crippen LogP contribution in [0.5, 0.6) is 11.5 Å². The van der Waals surface area contributed by atoms with Gasteiger partial charge in [-0.25, -0.2) is 0 Å². The van der Waals surface area contributed by atoms with Crippen molar-refractivity contribution in [2.24, 2.45) is 0 Å². The molecule has 0 amide bonds. The van der Waals surface area contributed by atoms with Crippen molar-refractivity contribution in [2.75, 3.05) is 18.5 Å². The Hall–Kier alpha value is -1.03. The topological polar surface area (TPSA) is 35.5 Å². The van der Waals surface area contributed by atoms with Crippen LogP contribution in [-0.4, -0.2) is 24.3 Å². The van der Waals surface area contributed by atoms with Crippen molar-refractivity contribution < 1.29 is 14.3 Å². The Morgan fingerprint density at radius 2 is 1.71 bits per heavy atom. The number of halogens is 1. The maximum Gasteiger partial charge on any atom is 0.148 e. The molecule has 17 heavy (non-hydrogen) atoms. The molecule has 0 unspecified atom stereocenters. The van der Waals surface area contributed by atoms with Crippen LogP contribution in [0.3, 0.4) is 0 Å². The van der Waals surface area contributed by atoms with Gasteiger partial charge < -0.3 is 9.47 Å². The zero-order valence-corrected chi connectivity index (χ0v) is 11.7. The van der Waals surface area contributed by atoms with E-state index in [9.17, 15) is 4.79 Å². The van der Waals surface area contributed by atoms with Crippen molar-refractivity contribution in [1.29, 1.82) is 0 Å². The predicted octanol–water partition coefficient (Wildman–Crippen LogP) is 2.99. The molecule has 0 aliphatic carbocycles. The highest BCUT2D eigenvalue weighted by Crippen LogP contribution is 2.29. The van der Waals surface area contributed by atoms with Crippen LogP contribution < -0.4 is 9.47 Å². The number of carbonyl (C=O) groups excluding carboxylic acids is 1. The molecule has 0 aromatic heterocycles. The lowest BCUT2D eigenvalue weighted by atomic mass is 10.1. The third kappa shape index (κ3) is 4.04. The summed E-state index contributed by atoms with van der Waals surface area (Å²) in [6.45, 7) is 4.99. The van der Waals surface area contributed by atoms with Gasteiger partial charge in [0.2, 0.25) is 0 Å². The first-order valence-electron chi connectivity index (χ1n) is 5.68. The van der Waals surface area contributed by atoms with Gasteiger partial charge in [-0.05, 0) is 26.0 Å². The summed E-state index contributed by atoms with van der Waals surface area (Å²) in [7, 11) is 0. The average Bonchev–Trinajstić information content (AvgIpc) is 2.33. The molecule has 0 aliphatic heterocycles. The number of alkyl halides is 1. The summed E-state index contributed by atoms with van der Waals surface area (Å²) in [6.07, 6.45) is 0.330. The molecule has 0 atom stereocenters. The number of rotatable bonds is 7. The molecular weight excluding hydrogens is 284 g/mol. The van der Waals surface area contributed by atoms with E-state index in [4.69, 9.17) is 9.47 Å². The Morgan fingerprint density at radius 1 is 1.18 bits per heavy atom. The Labute approximate surface area is 110 Å². The molecule has 0 aliphatic rings. The molecule has 94 valence electrons. The van der Waals surface area contributed by atoms with Crippen LogP contribution in [0.4, 0.5) is 0 Å². The van der Waals surface area contributed by atoms with Crippen molar-refractivity contribution in [2.45, 2.75) is 20.3 Å². The first-order chi connectivity index (χ1) is 8.22. The fourth-order valence-corrected chi connectivity index (χ4v) is 1.74. The number of benzene rings is 1. The van der Waals surface area contributed by atoms with Gasteiger partial charge in [-0.3, -0.25) is 4.79 Å². The SMILES string of the molecule is CCOc1cccc(OCC)c1CC(=O)CBr. The Balaban J connectivity index is 3.03. The number of hydrogen-bond donors (Lipinski definition) is 0. The zero-order chi connectivity index (χ0) is 12.7. The highest BCUT2D eigenvalue weighted by atomic mass is 79.9. The van der Waals surface area contributed by atoms with Crippen molar-refractivity contribution >= 4 is 21.7 Å². The van der Waals surface area contributed by atoms with E-state index in [0.717, 1.165) is 17.1 Å². The minimum Gasteiger partial charge on any atom is -0.493 e. The molecule has 0 fully saturated rings. The van der Waals surface area contributed by atoms with E-state index in [2.05, 4.69) is 15.9 Å². The lowest BCUT2D eigenvalue weighted by molar-refractivity contribution is -0.115. The first-order valence-corrected chi connectivity index (χ1v) is 6.80. The predicted molar refractivity (Wildman–Crippen MR) is 71.3 cm³/mol. The van der Waals surface area contributed by atoms with Crippen LogP contribution in [0.25, 0.3) is 0 Å². The molecule has 0 N–H and O–H groups in total. The summed E-state index contributed by atoms with van der Waals surface area (Å²) in [5.74, 6) is 1.57. The van der Waals surface area contributed by atoms with E-state index in [1.807, 2.05) is 32.0 Å². The molecule has 0 spiro atoms. The van der Waals surface area contributed by atoms with E-state index in [1.165, 1.54) is 0 Å². The van der Waals surface area contributed by atoms with Gasteiger partial charge in [0.1, 0.15) is 17.3 Å². The van der Waals surface area contributed by atoms with Crippen LogP contribution in [0.2, 0.25) is 0 Å². The summed E-state index contributed by atoms with van der Waals surface area (Å²) in [6, 6.07) is 5.60. The number of Topliss-reactive ketones (excluding diaryl/α,β-unsaturated/α-hetero) is 1. The van der Waals surface area contributed by atoms with Gasteiger partial charge in [-0.1, -0.05) is 22.0 Å². The molecular formula is C13H17BrO3. The normalized spacial score (nSPS) is 10.1. The lowest BCUT2D eigenvalue weighted by Crippen LogP contribution is -2.08. The number of hydrogen-bond acceptors (Lipinski definition) is 3. The van der Waals surface area contributed by atoms with Gasteiger partial charge >= 0.3 is 0 Å². The third-order valence-electron chi connectivity index (χ3n) is 2.21.